The second-order valence-electron chi connectivity index (χ2n) is 8.69. The van der Waals surface area contributed by atoms with Crippen molar-refractivity contribution in [2.45, 2.75) is 30.0 Å². The molecule has 1 N–H and O–H groups in total. The van der Waals surface area contributed by atoms with E-state index in [1.807, 2.05) is 133 Å². The van der Waals surface area contributed by atoms with Crippen LogP contribution >= 0.6 is 11.8 Å². The van der Waals surface area contributed by atoms with Gasteiger partial charge in [0.05, 0.1) is 11.3 Å². The average Bonchev–Trinajstić information content (AvgIpc) is 3.38. The Balaban J connectivity index is 1.36. The second-order valence-corrected chi connectivity index (χ2v) is 10.0. The number of ether oxygens (including phenoxy) is 1. The molecule has 0 saturated heterocycles. The van der Waals surface area contributed by atoms with Crippen LogP contribution in [-0.4, -0.2) is 25.9 Å². The molecule has 5 aromatic rings. The number of amides is 1. The molecule has 0 bridgehead atoms. The summed E-state index contributed by atoms with van der Waals surface area (Å²) in [7, 11) is 0. The molecule has 1 atom stereocenters. The fourth-order valence-electron chi connectivity index (χ4n) is 4.09. The average molecular weight is 521 g/mol. The van der Waals surface area contributed by atoms with Gasteiger partial charge in [0.25, 0.3) is 0 Å². The van der Waals surface area contributed by atoms with Crippen molar-refractivity contribution in [3.05, 3.63) is 138 Å². The molecule has 0 aliphatic heterocycles. The van der Waals surface area contributed by atoms with Crippen LogP contribution in [0.25, 0.3) is 5.69 Å². The predicted molar refractivity (Wildman–Crippen MR) is 150 cm³/mol. The number of carbonyl (C=O) groups excluding carboxylic acids is 1. The van der Waals surface area contributed by atoms with Gasteiger partial charge < -0.3 is 10.1 Å². The van der Waals surface area contributed by atoms with Crippen LogP contribution < -0.4 is 10.1 Å². The van der Waals surface area contributed by atoms with E-state index in [1.165, 1.54) is 11.8 Å². The lowest BCUT2D eigenvalue weighted by molar-refractivity contribution is -0.120. The lowest BCUT2D eigenvalue weighted by Crippen LogP contribution is -2.35. The lowest BCUT2D eigenvalue weighted by atomic mass is 9.98. The van der Waals surface area contributed by atoms with Gasteiger partial charge in [-0.05, 0) is 42.3 Å². The molecule has 6 nitrogen and oxygen atoms in total. The number of hydrogen-bond donors (Lipinski definition) is 1. The zero-order valence-electron chi connectivity index (χ0n) is 21.0. The summed E-state index contributed by atoms with van der Waals surface area (Å²) in [6.45, 7) is 2.13. The Bertz CT molecular complexity index is 1410. The van der Waals surface area contributed by atoms with E-state index in [0.29, 0.717) is 11.0 Å². The quantitative estimate of drug-likeness (QED) is 0.221. The van der Waals surface area contributed by atoms with Crippen LogP contribution in [0.4, 0.5) is 0 Å². The van der Waals surface area contributed by atoms with E-state index in [0.717, 1.165) is 22.6 Å². The maximum absolute atomic E-state index is 13.5. The summed E-state index contributed by atoms with van der Waals surface area (Å²) in [6, 6.07) is 39.2. The van der Waals surface area contributed by atoms with Crippen molar-refractivity contribution in [1.82, 2.24) is 20.1 Å². The molecule has 38 heavy (non-hydrogen) atoms. The van der Waals surface area contributed by atoms with Gasteiger partial charge in [0, 0.05) is 5.69 Å². The number of benzene rings is 4. The number of nitrogens with zero attached hydrogens (tertiary/aromatic N) is 3. The van der Waals surface area contributed by atoms with E-state index in [9.17, 15) is 4.79 Å². The molecule has 1 heterocycles. The molecule has 0 radical (unpaired) electrons. The van der Waals surface area contributed by atoms with Crippen molar-refractivity contribution < 1.29 is 9.53 Å². The molecule has 190 valence electrons. The molecule has 0 fully saturated rings. The Hall–Kier alpha value is -4.36. The maximum Gasteiger partial charge on any atom is 0.234 e. The first-order chi connectivity index (χ1) is 18.7. The van der Waals surface area contributed by atoms with Crippen molar-refractivity contribution in [2.75, 3.05) is 0 Å². The summed E-state index contributed by atoms with van der Waals surface area (Å²) in [4.78, 5) is 13.5. The Kier molecular flexibility index (Phi) is 8.16. The molecule has 0 aliphatic rings. The van der Waals surface area contributed by atoms with E-state index in [4.69, 9.17) is 4.74 Å². The number of nitrogens with one attached hydrogen (secondary N) is 1. The lowest BCUT2D eigenvalue weighted by Gasteiger charge is -2.22. The van der Waals surface area contributed by atoms with Crippen LogP contribution in [0, 0.1) is 0 Å². The number of para-hydroxylation sites is 2. The van der Waals surface area contributed by atoms with Gasteiger partial charge in [-0.3, -0.25) is 9.36 Å². The Labute approximate surface area is 226 Å². The van der Waals surface area contributed by atoms with E-state index < -0.39 is 5.25 Å². The molecule has 1 aromatic heterocycles. The SMILES string of the molecule is CC(Sc1nnc(COc2ccccc2)n1-c1ccccc1)C(=O)NC(c1ccccc1)c1ccccc1. The third kappa shape index (κ3) is 6.12. The molecule has 0 spiro atoms. The van der Waals surface area contributed by atoms with Gasteiger partial charge >= 0.3 is 0 Å². The fraction of sp³-hybridized carbons (Fsp3) is 0.129. The summed E-state index contributed by atoms with van der Waals surface area (Å²) >= 11 is 1.37. The highest BCUT2D eigenvalue weighted by atomic mass is 32.2. The molecular weight excluding hydrogens is 492 g/mol. The number of aromatic nitrogens is 3. The highest BCUT2D eigenvalue weighted by Crippen LogP contribution is 2.28. The van der Waals surface area contributed by atoms with Gasteiger partial charge in [0.2, 0.25) is 5.91 Å². The van der Waals surface area contributed by atoms with E-state index >= 15 is 0 Å². The predicted octanol–water partition coefficient (Wildman–Crippen LogP) is 6.23. The Morgan fingerprint density at radius 2 is 1.32 bits per heavy atom. The first-order valence-electron chi connectivity index (χ1n) is 12.4. The van der Waals surface area contributed by atoms with Crippen molar-refractivity contribution in [1.29, 1.82) is 0 Å². The first kappa shape index (κ1) is 25.3. The van der Waals surface area contributed by atoms with Crippen molar-refractivity contribution in [3.63, 3.8) is 0 Å². The van der Waals surface area contributed by atoms with Gasteiger partial charge in [-0.25, -0.2) is 0 Å². The molecular formula is C31H28N4O2S. The number of hydrogen-bond acceptors (Lipinski definition) is 5. The Morgan fingerprint density at radius 3 is 1.89 bits per heavy atom. The first-order valence-corrected chi connectivity index (χ1v) is 13.3. The molecule has 1 amide bonds. The van der Waals surface area contributed by atoms with Crippen molar-refractivity contribution in [2.24, 2.45) is 0 Å². The number of thioether (sulfide) groups is 1. The van der Waals surface area contributed by atoms with Crippen molar-refractivity contribution in [3.8, 4) is 11.4 Å². The van der Waals surface area contributed by atoms with Crippen molar-refractivity contribution >= 4 is 17.7 Å². The highest BCUT2D eigenvalue weighted by Gasteiger charge is 2.24. The van der Waals surface area contributed by atoms with E-state index in [-0.39, 0.29) is 18.6 Å². The van der Waals surface area contributed by atoms with Gasteiger partial charge in [0.15, 0.2) is 11.0 Å². The van der Waals surface area contributed by atoms with Crippen LogP contribution in [0.15, 0.2) is 126 Å². The number of rotatable bonds is 10. The standard InChI is InChI=1S/C31H28N4O2S/c1-23(30(36)32-29(24-14-6-2-7-15-24)25-16-8-3-9-17-25)38-31-34-33-28(22-37-27-20-12-5-13-21-27)35(31)26-18-10-4-11-19-26/h2-21,23,29H,22H2,1H3,(H,32,36). The molecule has 5 rings (SSSR count). The third-order valence-corrected chi connectivity index (χ3v) is 7.07. The zero-order chi connectivity index (χ0) is 26.2. The van der Waals surface area contributed by atoms with Crippen LogP contribution in [0.2, 0.25) is 0 Å². The second kappa shape index (κ2) is 12.3. The molecule has 0 aliphatic carbocycles. The zero-order valence-corrected chi connectivity index (χ0v) is 21.8. The van der Waals surface area contributed by atoms with Gasteiger partial charge in [-0.15, -0.1) is 10.2 Å². The molecule has 0 saturated carbocycles. The minimum Gasteiger partial charge on any atom is -0.486 e. The molecule has 7 heteroatoms. The van der Waals surface area contributed by atoms with Gasteiger partial charge in [-0.2, -0.15) is 0 Å². The van der Waals surface area contributed by atoms with E-state index in [1.54, 1.807) is 0 Å². The number of carbonyl (C=O) groups is 1. The third-order valence-electron chi connectivity index (χ3n) is 6.03. The van der Waals surface area contributed by atoms with E-state index in [2.05, 4.69) is 15.5 Å². The van der Waals surface area contributed by atoms with Gasteiger partial charge in [-0.1, -0.05) is 109 Å². The van der Waals surface area contributed by atoms with Crippen LogP contribution in [0.3, 0.4) is 0 Å². The summed E-state index contributed by atoms with van der Waals surface area (Å²) in [5, 5.41) is 12.3. The van der Waals surface area contributed by atoms with Gasteiger partial charge in [0.1, 0.15) is 12.4 Å². The Morgan fingerprint density at radius 1 is 0.789 bits per heavy atom. The smallest absolute Gasteiger partial charge is 0.234 e. The van der Waals surface area contributed by atoms with Crippen LogP contribution in [-0.2, 0) is 11.4 Å². The van der Waals surface area contributed by atoms with Crippen LogP contribution in [0.5, 0.6) is 5.75 Å². The normalized spacial score (nSPS) is 11.7. The highest BCUT2D eigenvalue weighted by molar-refractivity contribution is 8.00. The van der Waals surface area contributed by atoms with Crippen LogP contribution in [0.1, 0.15) is 29.9 Å². The topological polar surface area (TPSA) is 69.0 Å². The summed E-state index contributed by atoms with van der Waals surface area (Å²) in [6.07, 6.45) is 0. The monoisotopic (exact) mass is 520 g/mol. The largest absolute Gasteiger partial charge is 0.486 e. The minimum absolute atomic E-state index is 0.0857. The molecule has 4 aromatic carbocycles. The summed E-state index contributed by atoms with van der Waals surface area (Å²) in [5.74, 6) is 1.32. The fourth-order valence-corrected chi connectivity index (χ4v) is 4.99. The maximum atomic E-state index is 13.5. The molecule has 1 unspecified atom stereocenters. The summed E-state index contributed by atoms with van der Waals surface area (Å²) < 4.78 is 7.91. The summed E-state index contributed by atoms with van der Waals surface area (Å²) in [5.41, 5.74) is 2.96. The minimum atomic E-state index is -0.417.